The van der Waals surface area contributed by atoms with E-state index in [2.05, 4.69) is 125 Å². The van der Waals surface area contributed by atoms with Crippen LogP contribution in [0.1, 0.15) is 45.2 Å². The molecule has 5 aromatic carbocycles. The Morgan fingerprint density at radius 2 is 1.00 bits per heavy atom. The van der Waals surface area contributed by atoms with Gasteiger partial charge in [0.15, 0.2) is 17.5 Å². The van der Waals surface area contributed by atoms with Gasteiger partial charge in [-0.1, -0.05) is 131 Å². The summed E-state index contributed by atoms with van der Waals surface area (Å²) >= 11 is 1.81. The first kappa shape index (κ1) is 26.9. The summed E-state index contributed by atoms with van der Waals surface area (Å²) in [6, 6.07) is 41.0. The van der Waals surface area contributed by atoms with Gasteiger partial charge in [0, 0.05) is 36.9 Å². The van der Waals surface area contributed by atoms with Gasteiger partial charge in [0.05, 0.1) is 0 Å². The van der Waals surface area contributed by atoms with Crippen molar-refractivity contribution in [1.82, 2.24) is 15.0 Å². The van der Waals surface area contributed by atoms with Crippen molar-refractivity contribution in [2.24, 2.45) is 0 Å². The molecule has 7 aromatic rings. The summed E-state index contributed by atoms with van der Waals surface area (Å²) in [5, 5.41) is 2.55. The Hall–Kier alpha value is -4.67. The monoisotopic (exact) mass is 587 g/mol. The fourth-order valence-corrected chi connectivity index (χ4v) is 8.34. The highest BCUT2D eigenvalue weighted by Crippen LogP contribution is 2.50. The molecule has 0 spiro atoms. The highest BCUT2D eigenvalue weighted by molar-refractivity contribution is 7.25. The van der Waals surface area contributed by atoms with Gasteiger partial charge >= 0.3 is 0 Å². The molecular formula is C40H33N3S. The van der Waals surface area contributed by atoms with E-state index in [9.17, 15) is 0 Å². The smallest absolute Gasteiger partial charge is 0.164 e. The average Bonchev–Trinajstić information content (AvgIpc) is 3.51. The molecule has 1 aliphatic carbocycles. The fraction of sp³-hybridized carbons (Fsp3) is 0.175. The minimum Gasteiger partial charge on any atom is -0.208 e. The Morgan fingerprint density at radius 3 is 1.75 bits per heavy atom. The van der Waals surface area contributed by atoms with Crippen LogP contribution in [-0.2, 0) is 10.8 Å². The van der Waals surface area contributed by atoms with Crippen molar-refractivity contribution < 1.29 is 0 Å². The van der Waals surface area contributed by atoms with Gasteiger partial charge in [-0.05, 0) is 51.6 Å². The van der Waals surface area contributed by atoms with Gasteiger partial charge in [0.2, 0.25) is 0 Å². The van der Waals surface area contributed by atoms with E-state index in [0.29, 0.717) is 17.5 Å². The maximum atomic E-state index is 5.03. The van der Waals surface area contributed by atoms with Gasteiger partial charge in [-0.15, -0.1) is 11.3 Å². The predicted molar refractivity (Wildman–Crippen MR) is 185 cm³/mol. The van der Waals surface area contributed by atoms with Gasteiger partial charge in [-0.2, -0.15) is 0 Å². The lowest BCUT2D eigenvalue weighted by atomic mass is 9.82. The van der Waals surface area contributed by atoms with E-state index in [1.807, 2.05) is 18.2 Å². The molecule has 0 saturated heterocycles. The Kier molecular flexibility index (Phi) is 6.08. The molecule has 0 fully saturated rings. The zero-order valence-electron chi connectivity index (χ0n) is 25.4. The van der Waals surface area contributed by atoms with Crippen LogP contribution >= 0.6 is 11.3 Å². The summed E-state index contributed by atoms with van der Waals surface area (Å²) in [5.74, 6) is 2.03. The maximum Gasteiger partial charge on any atom is 0.164 e. The molecule has 0 saturated carbocycles. The van der Waals surface area contributed by atoms with Crippen LogP contribution in [0, 0.1) is 0 Å². The minimum absolute atomic E-state index is 0.169. The first-order valence-corrected chi connectivity index (χ1v) is 16.1. The number of thiophene rings is 1. The average molecular weight is 588 g/mol. The summed E-state index contributed by atoms with van der Waals surface area (Å²) in [4.78, 5) is 15.0. The van der Waals surface area contributed by atoms with Crippen molar-refractivity contribution in [2.45, 2.75) is 44.9 Å². The second kappa shape index (κ2) is 9.93. The lowest BCUT2D eigenvalue weighted by Gasteiger charge is -2.22. The van der Waals surface area contributed by atoms with Crippen LogP contribution < -0.4 is 0 Å². The Labute approximate surface area is 262 Å². The summed E-state index contributed by atoms with van der Waals surface area (Å²) in [6.45, 7) is 9.47. The predicted octanol–water partition coefficient (Wildman–Crippen LogP) is 10.9. The van der Waals surface area contributed by atoms with Gasteiger partial charge < -0.3 is 0 Å². The minimum atomic E-state index is 0.169. The SMILES string of the molecule is CC1(C)CC(C)(C)c2cc(-c3ccc(-c4nc(-c5ccccc5)nc(-c5ccc6c(c5)sc5ccccc56)n4)cc3)ccc21. The van der Waals surface area contributed by atoms with Crippen LogP contribution in [-0.4, -0.2) is 15.0 Å². The Balaban J connectivity index is 1.21. The van der Waals surface area contributed by atoms with Crippen molar-refractivity contribution in [3.8, 4) is 45.3 Å². The zero-order chi connectivity index (χ0) is 30.1. The number of aromatic nitrogens is 3. The molecule has 0 atom stereocenters. The van der Waals surface area contributed by atoms with Crippen molar-refractivity contribution in [3.63, 3.8) is 0 Å². The third-order valence-corrected chi connectivity index (χ3v) is 10.3. The number of fused-ring (bicyclic) bond motifs is 4. The van der Waals surface area contributed by atoms with E-state index >= 15 is 0 Å². The van der Waals surface area contributed by atoms with Crippen LogP contribution in [0.3, 0.4) is 0 Å². The topological polar surface area (TPSA) is 38.7 Å². The molecule has 2 heterocycles. The molecular weight excluding hydrogens is 555 g/mol. The van der Waals surface area contributed by atoms with Crippen LogP contribution in [0.5, 0.6) is 0 Å². The number of benzene rings is 5. The van der Waals surface area contributed by atoms with Crippen molar-refractivity contribution >= 4 is 31.5 Å². The Morgan fingerprint density at radius 1 is 0.455 bits per heavy atom. The summed E-state index contributed by atoms with van der Waals surface area (Å²) < 4.78 is 2.52. The second-order valence-corrected chi connectivity index (χ2v) is 14.3. The van der Waals surface area contributed by atoms with Gasteiger partial charge in [0.25, 0.3) is 0 Å². The molecule has 214 valence electrons. The summed E-state index contributed by atoms with van der Waals surface area (Å²) in [5.41, 5.74) is 8.70. The second-order valence-electron chi connectivity index (χ2n) is 13.3. The number of nitrogens with zero attached hydrogens (tertiary/aromatic N) is 3. The molecule has 8 rings (SSSR count). The first-order valence-electron chi connectivity index (χ1n) is 15.2. The first-order chi connectivity index (χ1) is 21.2. The summed E-state index contributed by atoms with van der Waals surface area (Å²) in [6.07, 6.45) is 1.17. The van der Waals surface area contributed by atoms with E-state index in [1.165, 1.54) is 48.8 Å². The molecule has 1 aliphatic rings. The van der Waals surface area contributed by atoms with Gasteiger partial charge in [0.1, 0.15) is 0 Å². The van der Waals surface area contributed by atoms with E-state index in [4.69, 9.17) is 15.0 Å². The van der Waals surface area contributed by atoms with Crippen LogP contribution in [0.4, 0.5) is 0 Å². The van der Waals surface area contributed by atoms with Crippen LogP contribution in [0.25, 0.3) is 65.5 Å². The lowest BCUT2D eigenvalue weighted by molar-refractivity contribution is 0.403. The molecule has 0 unspecified atom stereocenters. The molecule has 0 N–H and O–H groups in total. The van der Waals surface area contributed by atoms with Crippen molar-refractivity contribution in [1.29, 1.82) is 0 Å². The van der Waals surface area contributed by atoms with Gasteiger partial charge in [-0.25, -0.2) is 15.0 Å². The highest BCUT2D eigenvalue weighted by Gasteiger charge is 2.41. The van der Waals surface area contributed by atoms with Gasteiger partial charge in [-0.3, -0.25) is 0 Å². The third kappa shape index (κ3) is 4.53. The van der Waals surface area contributed by atoms with E-state index in [0.717, 1.165) is 16.7 Å². The molecule has 2 aromatic heterocycles. The third-order valence-electron chi connectivity index (χ3n) is 9.14. The largest absolute Gasteiger partial charge is 0.208 e. The van der Waals surface area contributed by atoms with Crippen molar-refractivity contribution in [3.05, 3.63) is 126 Å². The normalized spacial score (nSPS) is 15.1. The molecule has 0 radical (unpaired) electrons. The quantitative estimate of drug-likeness (QED) is 0.206. The molecule has 4 heteroatoms. The van der Waals surface area contributed by atoms with Crippen LogP contribution in [0.15, 0.2) is 115 Å². The highest BCUT2D eigenvalue weighted by atomic mass is 32.1. The standard InChI is InChI=1S/C40H33N3S/c1-39(2)24-40(3,4)33-22-28(19-21-32(33)39)25-14-16-27(17-15-25)37-41-36(26-10-6-5-7-11-26)42-38(43-37)29-18-20-31-30-12-8-9-13-34(30)44-35(31)23-29/h5-23H,24H2,1-4H3. The van der Waals surface area contributed by atoms with E-state index in [-0.39, 0.29) is 10.8 Å². The number of rotatable bonds is 4. The molecule has 0 aliphatic heterocycles. The maximum absolute atomic E-state index is 5.03. The molecule has 0 bridgehead atoms. The lowest BCUT2D eigenvalue weighted by Crippen LogP contribution is -2.17. The van der Waals surface area contributed by atoms with E-state index in [1.54, 1.807) is 11.3 Å². The van der Waals surface area contributed by atoms with E-state index < -0.39 is 0 Å². The number of hydrogen-bond acceptors (Lipinski definition) is 4. The Bertz CT molecular complexity index is 2190. The molecule has 44 heavy (non-hydrogen) atoms. The van der Waals surface area contributed by atoms with Crippen molar-refractivity contribution in [2.75, 3.05) is 0 Å². The number of hydrogen-bond donors (Lipinski definition) is 0. The molecule has 0 amide bonds. The summed E-state index contributed by atoms with van der Waals surface area (Å²) in [7, 11) is 0. The fourth-order valence-electron chi connectivity index (χ4n) is 7.20. The molecule has 3 nitrogen and oxygen atoms in total. The van der Waals surface area contributed by atoms with Crippen LogP contribution in [0.2, 0.25) is 0 Å². The zero-order valence-corrected chi connectivity index (χ0v) is 26.2.